The molecule has 0 aliphatic rings. The predicted molar refractivity (Wildman–Crippen MR) is 78.1 cm³/mol. The number of halogens is 1. The fourth-order valence-electron chi connectivity index (χ4n) is 1.44. The van der Waals surface area contributed by atoms with Crippen LogP contribution in [0.1, 0.15) is 19.3 Å². The Hall–Kier alpha value is -1.27. The van der Waals surface area contributed by atoms with E-state index in [2.05, 4.69) is 10.0 Å². The maximum atomic E-state index is 11.5. The van der Waals surface area contributed by atoms with Crippen LogP contribution in [0.25, 0.3) is 0 Å². The molecular formula is C12H17ClN2O3S. The van der Waals surface area contributed by atoms with Crippen LogP contribution in [0.4, 0.5) is 11.4 Å². The van der Waals surface area contributed by atoms with E-state index in [4.69, 9.17) is 11.6 Å². The Bertz CT molecular complexity index is 514. The van der Waals surface area contributed by atoms with Gasteiger partial charge in [0.2, 0.25) is 15.9 Å². The van der Waals surface area contributed by atoms with Crippen molar-refractivity contribution in [1.82, 2.24) is 0 Å². The first-order valence-electron chi connectivity index (χ1n) is 5.84. The van der Waals surface area contributed by atoms with Crippen LogP contribution in [0.15, 0.2) is 24.3 Å². The van der Waals surface area contributed by atoms with Crippen LogP contribution in [-0.2, 0) is 14.8 Å². The fourth-order valence-corrected chi connectivity index (χ4v) is 2.19. The topological polar surface area (TPSA) is 75.3 Å². The Labute approximate surface area is 118 Å². The number of hydrogen-bond acceptors (Lipinski definition) is 3. The van der Waals surface area contributed by atoms with Crippen molar-refractivity contribution in [2.45, 2.75) is 19.3 Å². The van der Waals surface area contributed by atoms with Crippen LogP contribution in [0, 0.1) is 0 Å². The molecule has 2 N–H and O–H groups in total. The molecule has 0 aliphatic heterocycles. The van der Waals surface area contributed by atoms with E-state index in [1.54, 1.807) is 24.3 Å². The lowest BCUT2D eigenvalue weighted by atomic mass is 10.2. The Balaban J connectivity index is 2.50. The summed E-state index contributed by atoms with van der Waals surface area (Å²) in [6.45, 7) is 0. The third-order valence-corrected chi connectivity index (χ3v) is 3.13. The number of carbonyl (C=O) groups is 1. The number of amides is 1. The Morgan fingerprint density at radius 1 is 1.16 bits per heavy atom. The van der Waals surface area contributed by atoms with Gasteiger partial charge in [0.25, 0.3) is 0 Å². The molecule has 0 atom stereocenters. The standard InChI is InChI=1S/C12H17ClN2O3S/c1-19(17,18)15-11-7-5-10(6-8-11)14-12(16)4-2-3-9-13/h5-8,15H,2-4,9H2,1H3,(H,14,16). The van der Waals surface area contributed by atoms with Crippen molar-refractivity contribution < 1.29 is 13.2 Å². The number of anilines is 2. The van der Waals surface area contributed by atoms with Gasteiger partial charge in [0.15, 0.2) is 0 Å². The molecule has 0 fully saturated rings. The molecule has 0 heterocycles. The molecule has 19 heavy (non-hydrogen) atoms. The average Bonchev–Trinajstić information content (AvgIpc) is 2.30. The van der Waals surface area contributed by atoms with Gasteiger partial charge in [-0.2, -0.15) is 0 Å². The number of nitrogens with one attached hydrogen (secondary N) is 2. The zero-order valence-electron chi connectivity index (χ0n) is 10.6. The summed E-state index contributed by atoms with van der Waals surface area (Å²) in [6.07, 6.45) is 3.07. The molecule has 0 aliphatic carbocycles. The highest BCUT2D eigenvalue weighted by molar-refractivity contribution is 7.92. The summed E-state index contributed by atoms with van der Waals surface area (Å²) in [6, 6.07) is 6.48. The number of carbonyl (C=O) groups excluding carboxylic acids is 1. The largest absolute Gasteiger partial charge is 0.326 e. The van der Waals surface area contributed by atoms with Gasteiger partial charge in [-0.05, 0) is 37.1 Å². The molecule has 5 nitrogen and oxygen atoms in total. The number of hydrogen-bond donors (Lipinski definition) is 2. The van der Waals surface area contributed by atoms with Gasteiger partial charge in [0, 0.05) is 23.7 Å². The van der Waals surface area contributed by atoms with E-state index in [9.17, 15) is 13.2 Å². The van der Waals surface area contributed by atoms with Gasteiger partial charge in [-0.25, -0.2) is 8.42 Å². The Morgan fingerprint density at radius 2 is 1.74 bits per heavy atom. The molecule has 1 aromatic carbocycles. The van der Waals surface area contributed by atoms with E-state index in [-0.39, 0.29) is 5.91 Å². The van der Waals surface area contributed by atoms with Gasteiger partial charge in [-0.3, -0.25) is 9.52 Å². The SMILES string of the molecule is CS(=O)(=O)Nc1ccc(NC(=O)CCCCCl)cc1. The van der Waals surface area contributed by atoms with Crippen LogP contribution < -0.4 is 10.0 Å². The molecular weight excluding hydrogens is 288 g/mol. The molecule has 7 heteroatoms. The minimum Gasteiger partial charge on any atom is -0.326 e. The van der Waals surface area contributed by atoms with Crippen molar-refractivity contribution in [2.75, 3.05) is 22.2 Å². The van der Waals surface area contributed by atoms with E-state index in [0.29, 0.717) is 23.7 Å². The van der Waals surface area contributed by atoms with Gasteiger partial charge in [0.05, 0.1) is 6.26 Å². The molecule has 0 bridgehead atoms. The predicted octanol–water partition coefficient (Wildman–Crippen LogP) is 2.41. The number of benzene rings is 1. The van der Waals surface area contributed by atoms with Crippen molar-refractivity contribution in [3.63, 3.8) is 0 Å². The van der Waals surface area contributed by atoms with Crippen LogP contribution in [0.2, 0.25) is 0 Å². The third kappa shape index (κ3) is 7.03. The fraction of sp³-hybridized carbons (Fsp3) is 0.417. The molecule has 0 aromatic heterocycles. The summed E-state index contributed by atoms with van der Waals surface area (Å²) in [4.78, 5) is 11.5. The van der Waals surface area contributed by atoms with Crippen LogP contribution in [0.5, 0.6) is 0 Å². The van der Waals surface area contributed by atoms with Crippen molar-refractivity contribution in [2.24, 2.45) is 0 Å². The van der Waals surface area contributed by atoms with Crippen LogP contribution in [0.3, 0.4) is 0 Å². The smallest absolute Gasteiger partial charge is 0.229 e. The second kappa shape index (κ2) is 7.35. The first-order chi connectivity index (χ1) is 8.90. The number of sulfonamides is 1. The molecule has 0 saturated heterocycles. The maximum Gasteiger partial charge on any atom is 0.229 e. The summed E-state index contributed by atoms with van der Waals surface area (Å²) in [5, 5.41) is 2.73. The minimum atomic E-state index is -3.28. The number of alkyl halides is 1. The summed E-state index contributed by atoms with van der Waals surface area (Å²) in [7, 11) is -3.28. The van der Waals surface area contributed by atoms with E-state index in [1.807, 2.05) is 0 Å². The highest BCUT2D eigenvalue weighted by Crippen LogP contribution is 2.15. The molecule has 1 amide bonds. The maximum absolute atomic E-state index is 11.5. The van der Waals surface area contributed by atoms with Gasteiger partial charge < -0.3 is 5.32 Å². The van der Waals surface area contributed by atoms with Crippen molar-refractivity contribution >= 4 is 38.9 Å². The normalized spacial score (nSPS) is 11.1. The van der Waals surface area contributed by atoms with Crippen molar-refractivity contribution in [3.8, 4) is 0 Å². The zero-order chi connectivity index (χ0) is 14.3. The van der Waals surface area contributed by atoms with Crippen LogP contribution >= 0.6 is 11.6 Å². The molecule has 0 unspecified atom stereocenters. The number of unbranched alkanes of at least 4 members (excludes halogenated alkanes) is 1. The van der Waals surface area contributed by atoms with E-state index in [1.165, 1.54) is 0 Å². The first-order valence-corrected chi connectivity index (χ1v) is 8.27. The van der Waals surface area contributed by atoms with Crippen molar-refractivity contribution in [3.05, 3.63) is 24.3 Å². The monoisotopic (exact) mass is 304 g/mol. The lowest BCUT2D eigenvalue weighted by Crippen LogP contribution is -2.12. The molecule has 106 valence electrons. The first kappa shape index (κ1) is 15.8. The van der Waals surface area contributed by atoms with Crippen LogP contribution in [-0.4, -0.2) is 26.5 Å². The molecule has 1 rings (SSSR count). The molecule has 0 saturated carbocycles. The lowest BCUT2D eigenvalue weighted by Gasteiger charge is -2.07. The highest BCUT2D eigenvalue weighted by atomic mass is 35.5. The quantitative estimate of drug-likeness (QED) is 0.600. The summed E-state index contributed by atoms with van der Waals surface area (Å²) < 4.78 is 24.4. The summed E-state index contributed by atoms with van der Waals surface area (Å²) in [5.41, 5.74) is 1.09. The van der Waals surface area contributed by atoms with E-state index in [0.717, 1.165) is 19.1 Å². The molecule has 1 aromatic rings. The highest BCUT2D eigenvalue weighted by Gasteiger charge is 2.04. The minimum absolute atomic E-state index is 0.0751. The molecule has 0 spiro atoms. The third-order valence-electron chi connectivity index (χ3n) is 2.26. The van der Waals surface area contributed by atoms with Gasteiger partial charge in [0.1, 0.15) is 0 Å². The van der Waals surface area contributed by atoms with E-state index >= 15 is 0 Å². The van der Waals surface area contributed by atoms with Gasteiger partial charge in [-0.1, -0.05) is 0 Å². The molecule has 0 radical (unpaired) electrons. The zero-order valence-corrected chi connectivity index (χ0v) is 12.2. The Morgan fingerprint density at radius 3 is 2.26 bits per heavy atom. The second-order valence-corrected chi connectivity index (χ2v) is 6.27. The average molecular weight is 305 g/mol. The number of rotatable bonds is 7. The second-order valence-electron chi connectivity index (χ2n) is 4.15. The lowest BCUT2D eigenvalue weighted by molar-refractivity contribution is -0.116. The van der Waals surface area contributed by atoms with E-state index < -0.39 is 10.0 Å². The van der Waals surface area contributed by atoms with Gasteiger partial charge >= 0.3 is 0 Å². The Kier molecular flexibility index (Phi) is 6.11. The summed E-state index contributed by atoms with van der Waals surface area (Å²) in [5.74, 6) is 0.480. The van der Waals surface area contributed by atoms with Crippen molar-refractivity contribution in [1.29, 1.82) is 0 Å². The summed E-state index contributed by atoms with van der Waals surface area (Å²) >= 11 is 5.53. The van der Waals surface area contributed by atoms with Gasteiger partial charge in [-0.15, -0.1) is 11.6 Å².